The molecule has 1 saturated heterocycles. The van der Waals surface area contributed by atoms with Crippen LogP contribution in [0.3, 0.4) is 0 Å². The number of hydrogen-bond donors (Lipinski definition) is 21. The monoisotopic (exact) mass is 632 g/mol. The minimum atomic E-state index is -6.37. The highest BCUT2D eigenvalue weighted by Gasteiger charge is 3.04. The summed E-state index contributed by atoms with van der Waals surface area (Å²) in [4.78, 5) is 0. The standard InChI is InChI=1S/C20H40O22/c1-2-3-4-5-6-7-8-10(14(21,22)23)9-42-13(19(36,37)38,20(39,40)41)12(17(30,31)32,18(33,34)35)11(10,15(24,25)26)16(27,28)29/h21-41H,2-9H2,1H3. The van der Waals surface area contributed by atoms with Crippen LogP contribution < -0.4 is 0 Å². The third-order valence-corrected chi connectivity index (χ3v) is 7.90. The Morgan fingerprint density at radius 2 is 0.762 bits per heavy atom. The molecule has 1 fully saturated rings. The molecule has 21 N–H and O–H groups in total. The van der Waals surface area contributed by atoms with E-state index in [1.54, 1.807) is 6.92 Å². The minimum absolute atomic E-state index is 0.171. The molecule has 0 aliphatic carbocycles. The van der Waals surface area contributed by atoms with E-state index in [0.717, 1.165) is 0 Å². The van der Waals surface area contributed by atoms with Crippen molar-refractivity contribution in [1.82, 2.24) is 0 Å². The summed E-state index contributed by atoms with van der Waals surface area (Å²) in [5.41, 5.74) is -22.7. The maximum Gasteiger partial charge on any atom is 0.316 e. The first-order valence-electron chi connectivity index (χ1n) is 12.1. The molecule has 42 heavy (non-hydrogen) atoms. The maximum absolute atomic E-state index is 10.5. The summed E-state index contributed by atoms with van der Waals surface area (Å²) in [5.74, 6) is -40.4. The molecule has 1 aliphatic heterocycles. The van der Waals surface area contributed by atoms with Crippen molar-refractivity contribution in [2.75, 3.05) is 6.61 Å². The summed E-state index contributed by atoms with van der Waals surface area (Å²) in [6.45, 7) is -0.721. The van der Waals surface area contributed by atoms with Crippen molar-refractivity contribution in [3.05, 3.63) is 0 Å². The molecule has 22 heteroatoms. The average molecular weight is 633 g/mol. The number of aliphatic hydroxyl groups is 21. The van der Waals surface area contributed by atoms with Gasteiger partial charge < -0.3 is 112 Å². The first-order valence-corrected chi connectivity index (χ1v) is 12.1. The van der Waals surface area contributed by atoms with Crippen LogP contribution in [0, 0.1) is 16.2 Å². The summed E-state index contributed by atoms with van der Waals surface area (Å²) in [7, 11) is 0. The molecule has 1 atom stereocenters. The van der Waals surface area contributed by atoms with Gasteiger partial charge in [0.05, 0.1) is 12.0 Å². The van der Waals surface area contributed by atoms with Crippen molar-refractivity contribution in [3.8, 4) is 0 Å². The molecule has 22 nitrogen and oxygen atoms in total. The summed E-state index contributed by atoms with van der Waals surface area (Å²) in [5, 5.41) is 217. The van der Waals surface area contributed by atoms with Crippen LogP contribution in [0.1, 0.15) is 51.9 Å². The zero-order valence-corrected chi connectivity index (χ0v) is 22.0. The van der Waals surface area contributed by atoms with Gasteiger partial charge in [0.1, 0.15) is 0 Å². The molecular weight excluding hydrogens is 592 g/mol. The molecule has 252 valence electrons. The van der Waals surface area contributed by atoms with E-state index in [2.05, 4.69) is 4.74 Å². The van der Waals surface area contributed by atoms with Crippen LogP contribution in [-0.2, 0) is 4.74 Å². The second-order valence-corrected chi connectivity index (χ2v) is 10.5. The topological polar surface area (TPSA) is 434 Å². The SMILES string of the molecule is CCCCCCCCC1(C(O)(O)O)COC(C(O)(O)O)(C(O)(O)O)C(C(O)(O)O)(C(O)(O)O)C1(C(O)(O)O)C(O)(O)O. The molecular formula is C20H40O22. The second kappa shape index (κ2) is 11.2. The van der Waals surface area contributed by atoms with Gasteiger partial charge in [0.2, 0.25) is 0 Å². The molecule has 0 aromatic rings. The van der Waals surface area contributed by atoms with Gasteiger partial charge in [0.25, 0.3) is 35.5 Å². The molecule has 0 aromatic carbocycles. The molecule has 0 spiro atoms. The van der Waals surface area contributed by atoms with Crippen LogP contribution in [0.2, 0.25) is 0 Å². The van der Waals surface area contributed by atoms with E-state index in [0.29, 0.717) is 19.3 Å². The predicted octanol–water partition coefficient (Wildman–Crippen LogP) is -10.1. The zero-order valence-electron chi connectivity index (χ0n) is 22.0. The fourth-order valence-electron chi connectivity index (χ4n) is 6.55. The van der Waals surface area contributed by atoms with E-state index in [-0.39, 0.29) is 12.8 Å². The third-order valence-electron chi connectivity index (χ3n) is 7.90. The van der Waals surface area contributed by atoms with Gasteiger partial charge in [-0.25, -0.2) is 0 Å². The highest BCUT2D eigenvalue weighted by atomic mass is 16.8. The number of rotatable bonds is 14. The van der Waals surface area contributed by atoms with E-state index in [1.807, 2.05) is 0 Å². The molecule has 0 bridgehead atoms. The number of unbranched alkanes of at least 4 members (excludes halogenated alkanes) is 5. The molecule has 1 unspecified atom stereocenters. The second-order valence-electron chi connectivity index (χ2n) is 10.5. The van der Waals surface area contributed by atoms with Crippen LogP contribution in [0.4, 0.5) is 0 Å². The first kappa shape index (κ1) is 39.1. The molecule has 1 aliphatic rings. The van der Waals surface area contributed by atoms with Gasteiger partial charge in [0, 0.05) is 0 Å². The summed E-state index contributed by atoms with van der Waals surface area (Å²) < 4.78 is 4.44. The van der Waals surface area contributed by atoms with Gasteiger partial charge >= 0.3 is 11.9 Å². The largest absolute Gasteiger partial charge is 0.358 e. The first-order chi connectivity index (χ1) is 18.3. The van der Waals surface area contributed by atoms with Crippen LogP contribution in [0.15, 0.2) is 0 Å². The van der Waals surface area contributed by atoms with E-state index in [9.17, 15) is 107 Å². The highest BCUT2D eigenvalue weighted by Crippen LogP contribution is 2.78. The Morgan fingerprint density at radius 3 is 1.05 bits per heavy atom. The molecule has 0 saturated carbocycles. The Hall–Kier alpha value is -0.880. The van der Waals surface area contributed by atoms with Crippen molar-refractivity contribution < 1.29 is 112 Å². The zero-order chi connectivity index (χ0) is 33.9. The molecule has 1 rings (SSSR count). The predicted molar refractivity (Wildman–Crippen MR) is 120 cm³/mol. The quantitative estimate of drug-likeness (QED) is 0.0624. The summed E-state index contributed by atoms with van der Waals surface area (Å²) >= 11 is 0. The average Bonchev–Trinajstić information content (AvgIpc) is 2.69. The van der Waals surface area contributed by atoms with Crippen LogP contribution in [0.25, 0.3) is 0 Å². The Bertz CT molecular complexity index is 862. The lowest BCUT2D eigenvalue weighted by molar-refractivity contribution is -0.693. The van der Waals surface area contributed by atoms with Crippen molar-refractivity contribution >= 4 is 0 Å². The smallest absolute Gasteiger partial charge is 0.316 e. The van der Waals surface area contributed by atoms with Crippen LogP contribution in [-0.4, -0.2) is 161 Å². The fraction of sp³-hybridized carbons (Fsp3) is 1.00. The van der Waals surface area contributed by atoms with Gasteiger partial charge in [-0.3, -0.25) is 0 Å². The lowest BCUT2D eigenvalue weighted by Crippen LogP contribution is -2.99. The maximum atomic E-state index is 10.5. The third kappa shape index (κ3) is 5.14. The van der Waals surface area contributed by atoms with Crippen LogP contribution in [0.5, 0.6) is 0 Å². The number of ether oxygens (including phenoxy) is 1. The van der Waals surface area contributed by atoms with E-state index >= 15 is 0 Å². The summed E-state index contributed by atoms with van der Waals surface area (Å²) in [6.07, 6.45) is -0.631. The molecule has 1 heterocycles. The molecule has 0 aromatic heterocycles. The Balaban J connectivity index is 4.80. The Kier molecular flexibility index (Phi) is 10.4. The lowest BCUT2D eigenvalue weighted by atomic mass is 9.37. The normalized spacial score (nSPS) is 24.1. The van der Waals surface area contributed by atoms with Crippen molar-refractivity contribution in [2.45, 2.75) is 99.3 Å². The minimum Gasteiger partial charge on any atom is -0.358 e. The Morgan fingerprint density at radius 1 is 0.429 bits per heavy atom. The van der Waals surface area contributed by atoms with E-state index < -0.39 is 83.1 Å². The fourth-order valence-corrected chi connectivity index (χ4v) is 6.55. The van der Waals surface area contributed by atoms with Crippen molar-refractivity contribution in [3.63, 3.8) is 0 Å². The summed E-state index contributed by atoms with van der Waals surface area (Å²) in [6, 6.07) is 0. The van der Waals surface area contributed by atoms with Gasteiger partial charge in [-0.15, -0.1) is 0 Å². The van der Waals surface area contributed by atoms with Gasteiger partial charge in [0.15, 0.2) is 10.8 Å². The number of hydrogen-bond acceptors (Lipinski definition) is 22. The van der Waals surface area contributed by atoms with Crippen molar-refractivity contribution in [2.24, 2.45) is 16.2 Å². The molecule has 0 radical (unpaired) electrons. The van der Waals surface area contributed by atoms with Gasteiger partial charge in [-0.1, -0.05) is 45.4 Å². The Labute approximate surface area is 234 Å². The van der Waals surface area contributed by atoms with E-state index in [4.69, 9.17) is 0 Å². The van der Waals surface area contributed by atoms with E-state index in [1.165, 1.54) is 0 Å². The molecule has 0 amide bonds. The lowest BCUT2D eigenvalue weighted by Gasteiger charge is -2.74. The highest BCUT2D eigenvalue weighted by molar-refractivity contribution is 5.31. The van der Waals surface area contributed by atoms with Gasteiger partial charge in [-0.05, 0) is 6.42 Å². The van der Waals surface area contributed by atoms with Crippen LogP contribution >= 0.6 is 0 Å². The van der Waals surface area contributed by atoms with Crippen molar-refractivity contribution in [1.29, 1.82) is 0 Å². The van der Waals surface area contributed by atoms with Gasteiger partial charge in [-0.2, -0.15) is 0 Å².